The molecule has 0 bridgehead atoms. The van der Waals surface area contributed by atoms with Crippen molar-refractivity contribution in [2.45, 2.75) is 20.4 Å². The third-order valence-corrected chi connectivity index (χ3v) is 4.09. The molecule has 23 heavy (non-hydrogen) atoms. The van der Waals surface area contributed by atoms with Gasteiger partial charge in [0.15, 0.2) is 0 Å². The van der Waals surface area contributed by atoms with Gasteiger partial charge in [-0.1, -0.05) is 6.07 Å². The predicted molar refractivity (Wildman–Crippen MR) is 90.5 cm³/mol. The first kappa shape index (κ1) is 15.6. The Morgan fingerprint density at radius 1 is 1.13 bits per heavy atom. The van der Waals surface area contributed by atoms with E-state index < -0.39 is 0 Å². The van der Waals surface area contributed by atoms with Crippen molar-refractivity contribution in [3.05, 3.63) is 53.5 Å². The summed E-state index contributed by atoms with van der Waals surface area (Å²) < 4.78 is 5.38. The van der Waals surface area contributed by atoms with Crippen LogP contribution in [0.3, 0.4) is 0 Å². The Bertz CT molecular complexity index is 639. The SMILES string of the molecule is Cc1cc(C)cc(NC(=O)N2CCN(Cc3ccco3)CC2)c1. The van der Waals surface area contributed by atoms with Crippen LogP contribution in [0.25, 0.3) is 0 Å². The summed E-state index contributed by atoms with van der Waals surface area (Å²) in [6.45, 7) is 8.07. The molecule has 1 fully saturated rings. The van der Waals surface area contributed by atoms with Crippen LogP contribution in [-0.4, -0.2) is 42.0 Å². The summed E-state index contributed by atoms with van der Waals surface area (Å²) in [5.41, 5.74) is 3.18. The first-order chi connectivity index (χ1) is 11.1. The molecule has 2 amide bonds. The van der Waals surface area contributed by atoms with Crippen LogP contribution in [0.5, 0.6) is 0 Å². The topological polar surface area (TPSA) is 48.7 Å². The minimum Gasteiger partial charge on any atom is -0.468 e. The van der Waals surface area contributed by atoms with E-state index in [-0.39, 0.29) is 6.03 Å². The number of anilines is 1. The zero-order chi connectivity index (χ0) is 16.2. The average Bonchev–Trinajstić information content (AvgIpc) is 3.00. The second-order valence-electron chi connectivity index (χ2n) is 6.15. The van der Waals surface area contributed by atoms with Crippen LogP contribution in [0.1, 0.15) is 16.9 Å². The van der Waals surface area contributed by atoms with Crippen molar-refractivity contribution in [2.24, 2.45) is 0 Å². The minimum absolute atomic E-state index is 0.0207. The summed E-state index contributed by atoms with van der Waals surface area (Å²) in [5, 5.41) is 3.00. The maximum atomic E-state index is 12.4. The van der Waals surface area contributed by atoms with Crippen LogP contribution < -0.4 is 5.32 Å². The van der Waals surface area contributed by atoms with Gasteiger partial charge in [0.25, 0.3) is 0 Å². The highest BCUT2D eigenvalue weighted by atomic mass is 16.3. The lowest BCUT2D eigenvalue weighted by Crippen LogP contribution is -2.49. The fourth-order valence-corrected chi connectivity index (χ4v) is 2.98. The first-order valence-corrected chi connectivity index (χ1v) is 7.99. The molecule has 3 rings (SSSR count). The van der Waals surface area contributed by atoms with Crippen LogP contribution >= 0.6 is 0 Å². The van der Waals surface area contributed by atoms with Crippen molar-refractivity contribution in [2.75, 3.05) is 31.5 Å². The molecule has 0 radical (unpaired) electrons. The van der Waals surface area contributed by atoms with Gasteiger partial charge in [0.2, 0.25) is 0 Å². The number of piperazine rings is 1. The van der Waals surface area contributed by atoms with Gasteiger partial charge in [0.05, 0.1) is 12.8 Å². The lowest BCUT2D eigenvalue weighted by Gasteiger charge is -2.34. The highest BCUT2D eigenvalue weighted by molar-refractivity contribution is 5.89. The molecule has 122 valence electrons. The molecule has 2 heterocycles. The number of urea groups is 1. The third-order valence-electron chi connectivity index (χ3n) is 4.09. The molecule has 5 heteroatoms. The summed E-state index contributed by atoms with van der Waals surface area (Å²) in [4.78, 5) is 16.6. The quantitative estimate of drug-likeness (QED) is 0.946. The maximum absolute atomic E-state index is 12.4. The zero-order valence-electron chi connectivity index (χ0n) is 13.7. The van der Waals surface area contributed by atoms with Gasteiger partial charge < -0.3 is 14.6 Å². The second kappa shape index (κ2) is 6.87. The molecule has 1 saturated heterocycles. The standard InChI is InChI=1S/C18H23N3O2/c1-14-10-15(2)12-16(11-14)19-18(22)21-7-5-20(6-8-21)13-17-4-3-9-23-17/h3-4,9-12H,5-8,13H2,1-2H3,(H,19,22). The number of amides is 2. The van der Waals surface area contributed by atoms with Crippen molar-refractivity contribution in [3.8, 4) is 0 Å². The number of nitrogens with one attached hydrogen (secondary N) is 1. The molecule has 2 aromatic rings. The maximum Gasteiger partial charge on any atom is 0.321 e. The van der Waals surface area contributed by atoms with Crippen LogP contribution in [0.15, 0.2) is 41.0 Å². The monoisotopic (exact) mass is 313 g/mol. The van der Waals surface area contributed by atoms with Crippen LogP contribution in [0.2, 0.25) is 0 Å². The minimum atomic E-state index is -0.0207. The molecule has 5 nitrogen and oxygen atoms in total. The molecular formula is C18H23N3O2. The largest absolute Gasteiger partial charge is 0.468 e. The smallest absolute Gasteiger partial charge is 0.321 e. The summed E-state index contributed by atoms with van der Waals surface area (Å²) in [6, 6.07) is 9.97. The number of carbonyl (C=O) groups is 1. The normalized spacial score (nSPS) is 15.7. The van der Waals surface area contributed by atoms with E-state index in [4.69, 9.17) is 4.42 Å². The molecule has 1 aromatic heterocycles. The summed E-state index contributed by atoms with van der Waals surface area (Å²) in [6.07, 6.45) is 1.70. The van der Waals surface area contributed by atoms with E-state index in [2.05, 4.69) is 16.3 Å². The van der Waals surface area contributed by atoms with Crippen molar-refractivity contribution < 1.29 is 9.21 Å². The number of furan rings is 1. The highest BCUT2D eigenvalue weighted by Gasteiger charge is 2.21. The van der Waals surface area contributed by atoms with E-state index >= 15 is 0 Å². The van der Waals surface area contributed by atoms with Gasteiger partial charge in [-0.25, -0.2) is 4.79 Å². The molecule has 0 aliphatic carbocycles. The van der Waals surface area contributed by atoms with Crippen LogP contribution in [0, 0.1) is 13.8 Å². The summed E-state index contributed by atoms with van der Waals surface area (Å²) in [7, 11) is 0. The van der Waals surface area contributed by atoms with E-state index in [0.29, 0.717) is 0 Å². The van der Waals surface area contributed by atoms with Gasteiger partial charge in [-0.3, -0.25) is 4.90 Å². The van der Waals surface area contributed by atoms with Gasteiger partial charge in [0.1, 0.15) is 5.76 Å². The van der Waals surface area contributed by atoms with E-state index in [9.17, 15) is 4.79 Å². The average molecular weight is 313 g/mol. The predicted octanol–water partition coefficient (Wildman–Crippen LogP) is 3.25. The second-order valence-corrected chi connectivity index (χ2v) is 6.15. The Balaban J connectivity index is 1.51. The van der Waals surface area contributed by atoms with Crippen molar-refractivity contribution in [1.82, 2.24) is 9.80 Å². The Morgan fingerprint density at radius 3 is 2.43 bits per heavy atom. The van der Waals surface area contributed by atoms with Gasteiger partial charge in [-0.05, 0) is 49.2 Å². The molecular weight excluding hydrogens is 290 g/mol. The van der Waals surface area contributed by atoms with Crippen LogP contribution in [-0.2, 0) is 6.54 Å². The Kier molecular flexibility index (Phi) is 4.67. The molecule has 1 N–H and O–H groups in total. The van der Waals surface area contributed by atoms with Gasteiger partial charge >= 0.3 is 6.03 Å². The van der Waals surface area contributed by atoms with Crippen molar-refractivity contribution >= 4 is 11.7 Å². The molecule has 0 spiro atoms. The molecule has 1 aromatic carbocycles. The molecule has 1 aliphatic heterocycles. The van der Waals surface area contributed by atoms with Gasteiger partial charge in [-0.15, -0.1) is 0 Å². The number of rotatable bonds is 3. The Hall–Kier alpha value is -2.27. The number of hydrogen-bond donors (Lipinski definition) is 1. The van der Waals surface area contributed by atoms with E-state index in [1.165, 1.54) is 0 Å². The molecule has 0 saturated carbocycles. The number of hydrogen-bond acceptors (Lipinski definition) is 3. The lowest BCUT2D eigenvalue weighted by atomic mass is 10.1. The molecule has 1 aliphatic rings. The first-order valence-electron chi connectivity index (χ1n) is 7.99. The lowest BCUT2D eigenvalue weighted by molar-refractivity contribution is 0.137. The third kappa shape index (κ3) is 4.13. The van der Waals surface area contributed by atoms with E-state index in [1.54, 1.807) is 6.26 Å². The fourth-order valence-electron chi connectivity index (χ4n) is 2.98. The number of carbonyl (C=O) groups excluding carboxylic acids is 1. The number of benzene rings is 1. The van der Waals surface area contributed by atoms with Crippen molar-refractivity contribution in [3.63, 3.8) is 0 Å². The van der Waals surface area contributed by atoms with Gasteiger partial charge in [-0.2, -0.15) is 0 Å². The zero-order valence-corrected chi connectivity index (χ0v) is 13.7. The Morgan fingerprint density at radius 2 is 1.83 bits per heavy atom. The van der Waals surface area contributed by atoms with E-state index in [1.807, 2.05) is 43.0 Å². The number of nitrogens with zero attached hydrogens (tertiary/aromatic N) is 2. The highest BCUT2D eigenvalue weighted by Crippen LogP contribution is 2.15. The van der Waals surface area contributed by atoms with E-state index in [0.717, 1.165) is 55.3 Å². The number of aryl methyl sites for hydroxylation is 2. The Labute approximate surface area is 136 Å². The van der Waals surface area contributed by atoms with Crippen LogP contribution in [0.4, 0.5) is 10.5 Å². The molecule has 0 unspecified atom stereocenters. The van der Waals surface area contributed by atoms with Crippen molar-refractivity contribution in [1.29, 1.82) is 0 Å². The summed E-state index contributed by atoms with van der Waals surface area (Å²) >= 11 is 0. The van der Waals surface area contributed by atoms with Gasteiger partial charge in [0, 0.05) is 31.9 Å². The fraction of sp³-hybridized carbons (Fsp3) is 0.389. The molecule has 0 atom stereocenters. The summed E-state index contributed by atoms with van der Waals surface area (Å²) in [5.74, 6) is 0.970.